The number of aliphatic hydroxyl groups excluding tert-OH is 2. The Balaban J connectivity index is 3.18. The van der Waals surface area contributed by atoms with Gasteiger partial charge in [-0.2, -0.15) is 0 Å². The van der Waals surface area contributed by atoms with E-state index in [4.69, 9.17) is 0 Å². The number of aliphatic hydroxyl groups is 2. The molecule has 2 nitrogen and oxygen atoms in total. The van der Waals surface area contributed by atoms with E-state index in [1.54, 1.807) is 0 Å². The van der Waals surface area contributed by atoms with Crippen LogP contribution in [0.4, 0.5) is 0 Å². The normalized spacial score (nSPS) is 14.5. The maximum atomic E-state index is 9.85. The van der Waals surface area contributed by atoms with Gasteiger partial charge < -0.3 is 10.2 Å². The van der Waals surface area contributed by atoms with Crippen LogP contribution in [-0.4, -0.2) is 22.4 Å². The molecule has 0 rings (SSSR count). The Bertz CT molecular complexity index is 171. The largest absolute Gasteiger partial charge is 0.393 e. The summed E-state index contributed by atoms with van der Waals surface area (Å²) in [6, 6.07) is 0. The van der Waals surface area contributed by atoms with Crippen molar-refractivity contribution in [3.05, 3.63) is 0 Å². The molecule has 0 heterocycles. The molecule has 0 fully saturated rings. The predicted molar refractivity (Wildman–Crippen MR) is 83.4 cm³/mol. The molecule has 0 aromatic rings. The molecular formula is C17H36O2. The Morgan fingerprint density at radius 3 is 1.42 bits per heavy atom. The summed E-state index contributed by atoms with van der Waals surface area (Å²) >= 11 is 0. The zero-order chi connectivity index (χ0) is 14.3. The van der Waals surface area contributed by atoms with Crippen molar-refractivity contribution in [1.82, 2.24) is 0 Å². The van der Waals surface area contributed by atoms with Gasteiger partial charge in [0.25, 0.3) is 0 Å². The second-order valence-electron chi connectivity index (χ2n) is 5.91. The van der Waals surface area contributed by atoms with Crippen molar-refractivity contribution in [2.75, 3.05) is 0 Å². The molecular weight excluding hydrogens is 236 g/mol. The van der Waals surface area contributed by atoms with Gasteiger partial charge in [0.05, 0.1) is 12.2 Å². The number of hydrogen-bond donors (Lipinski definition) is 2. The average molecular weight is 272 g/mol. The summed E-state index contributed by atoms with van der Waals surface area (Å²) in [6.45, 7) is 4.26. The summed E-state index contributed by atoms with van der Waals surface area (Å²) in [5.74, 6) is 0. The lowest BCUT2D eigenvalue weighted by Gasteiger charge is -2.10. The molecule has 0 aromatic carbocycles. The smallest absolute Gasteiger partial charge is 0.0540 e. The van der Waals surface area contributed by atoms with Crippen molar-refractivity contribution in [1.29, 1.82) is 0 Å². The summed E-state index contributed by atoms with van der Waals surface area (Å²) in [4.78, 5) is 0. The molecule has 0 saturated carbocycles. The average Bonchev–Trinajstić information content (AvgIpc) is 2.42. The molecule has 0 saturated heterocycles. The summed E-state index contributed by atoms with van der Waals surface area (Å²) in [5, 5.41) is 19.3. The van der Waals surface area contributed by atoms with Gasteiger partial charge in [-0.25, -0.2) is 0 Å². The zero-order valence-electron chi connectivity index (χ0n) is 13.2. The first-order valence-electron chi connectivity index (χ1n) is 8.56. The molecule has 0 aliphatic carbocycles. The molecule has 0 amide bonds. The number of unbranched alkanes of at least 4 members (excludes halogenated alkanes) is 7. The molecule has 0 aromatic heterocycles. The molecule has 0 spiro atoms. The standard InChI is InChI=1S/C17H36O2/c1-3-5-6-7-11-14-17(19)15-12-9-8-10-13-16(18)4-2/h16-19H,3-15H2,1-2H3. The van der Waals surface area contributed by atoms with Gasteiger partial charge in [0.15, 0.2) is 0 Å². The number of rotatable bonds is 14. The highest BCUT2D eigenvalue weighted by Crippen LogP contribution is 2.14. The molecule has 0 bridgehead atoms. The van der Waals surface area contributed by atoms with Crippen LogP contribution in [0.15, 0.2) is 0 Å². The van der Waals surface area contributed by atoms with Crippen molar-refractivity contribution in [2.45, 2.75) is 110 Å². The van der Waals surface area contributed by atoms with Crippen molar-refractivity contribution >= 4 is 0 Å². The van der Waals surface area contributed by atoms with Crippen LogP contribution >= 0.6 is 0 Å². The lowest BCUT2D eigenvalue weighted by Crippen LogP contribution is -2.06. The second kappa shape index (κ2) is 14.3. The van der Waals surface area contributed by atoms with Crippen molar-refractivity contribution in [3.8, 4) is 0 Å². The van der Waals surface area contributed by atoms with E-state index in [0.29, 0.717) is 0 Å². The molecule has 0 aliphatic rings. The molecule has 2 heteroatoms. The lowest BCUT2D eigenvalue weighted by atomic mass is 10.0. The van der Waals surface area contributed by atoms with Crippen LogP contribution < -0.4 is 0 Å². The third-order valence-electron chi connectivity index (χ3n) is 3.94. The van der Waals surface area contributed by atoms with Crippen LogP contribution in [0, 0.1) is 0 Å². The second-order valence-corrected chi connectivity index (χ2v) is 5.91. The maximum absolute atomic E-state index is 9.85. The van der Waals surface area contributed by atoms with Gasteiger partial charge in [-0.15, -0.1) is 0 Å². The topological polar surface area (TPSA) is 40.5 Å². The van der Waals surface area contributed by atoms with Gasteiger partial charge in [-0.05, 0) is 25.7 Å². The Morgan fingerprint density at radius 2 is 1.00 bits per heavy atom. The van der Waals surface area contributed by atoms with Gasteiger partial charge >= 0.3 is 0 Å². The van der Waals surface area contributed by atoms with E-state index in [1.165, 1.54) is 44.9 Å². The van der Waals surface area contributed by atoms with E-state index in [9.17, 15) is 10.2 Å². The predicted octanol–water partition coefficient (Wildman–Crippen LogP) is 4.82. The van der Waals surface area contributed by atoms with E-state index < -0.39 is 0 Å². The van der Waals surface area contributed by atoms with E-state index in [2.05, 4.69) is 6.92 Å². The summed E-state index contributed by atoms with van der Waals surface area (Å²) in [5.41, 5.74) is 0. The third kappa shape index (κ3) is 14.1. The highest BCUT2D eigenvalue weighted by atomic mass is 16.3. The lowest BCUT2D eigenvalue weighted by molar-refractivity contribution is 0.145. The first-order valence-corrected chi connectivity index (χ1v) is 8.56. The molecule has 0 radical (unpaired) electrons. The fourth-order valence-electron chi connectivity index (χ4n) is 2.45. The van der Waals surface area contributed by atoms with E-state index in [0.717, 1.165) is 38.5 Å². The summed E-state index contributed by atoms with van der Waals surface area (Å²) < 4.78 is 0. The summed E-state index contributed by atoms with van der Waals surface area (Å²) in [6.07, 6.45) is 14.6. The maximum Gasteiger partial charge on any atom is 0.0540 e. The fourth-order valence-corrected chi connectivity index (χ4v) is 2.45. The Hall–Kier alpha value is -0.0800. The van der Waals surface area contributed by atoms with Crippen molar-refractivity contribution in [2.24, 2.45) is 0 Å². The van der Waals surface area contributed by atoms with Gasteiger partial charge in [0.1, 0.15) is 0 Å². The SMILES string of the molecule is CCCCCCCC(O)CCCCCCC(O)CC. The van der Waals surface area contributed by atoms with Crippen LogP contribution in [0.2, 0.25) is 0 Å². The Kier molecular flexibility index (Phi) is 14.3. The van der Waals surface area contributed by atoms with Gasteiger partial charge in [-0.3, -0.25) is 0 Å². The van der Waals surface area contributed by atoms with Crippen LogP contribution in [-0.2, 0) is 0 Å². The minimum absolute atomic E-state index is 0.0807. The van der Waals surface area contributed by atoms with Gasteiger partial charge in [0, 0.05) is 0 Å². The minimum Gasteiger partial charge on any atom is -0.393 e. The van der Waals surface area contributed by atoms with Crippen LogP contribution in [0.25, 0.3) is 0 Å². The molecule has 0 aliphatic heterocycles. The zero-order valence-corrected chi connectivity index (χ0v) is 13.2. The first kappa shape index (κ1) is 18.9. The van der Waals surface area contributed by atoms with E-state index in [1.807, 2.05) is 6.92 Å². The first-order chi connectivity index (χ1) is 9.20. The highest BCUT2D eigenvalue weighted by Gasteiger charge is 2.04. The van der Waals surface area contributed by atoms with Crippen LogP contribution in [0.1, 0.15) is 97.3 Å². The Morgan fingerprint density at radius 1 is 0.579 bits per heavy atom. The molecule has 2 atom stereocenters. The van der Waals surface area contributed by atoms with E-state index >= 15 is 0 Å². The van der Waals surface area contributed by atoms with Gasteiger partial charge in [-0.1, -0.05) is 71.6 Å². The van der Waals surface area contributed by atoms with Crippen LogP contribution in [0.5, 0.6) is 0 Å². The molecule has 116 valence electrons. The molecule has 2 N–H and O–H groups in total. The summed E-state index contributed by atoms with van der Waals surface area (Å²) in [7, 11) is 0. The van der Waals surface area contributed by atoms with E-state index in [-0.39, 0.29) is 12.2 Å². The fraction of sp³-hybridized carbons (Fsp3) is 1.00. The monoisotopic (exact) mass is 272 g/mol. The van der Waals surface area contributed by atoms with Crippen LogP contribution in [0.3, 0.4) is 0 Å². The Labute approximate surface area is 120 Å². The molecule has 19 heavy (non-hydrogen) atoms. The van der Waals surface area contributed by atoms with Crippen molar-refractivity contribution in [3.63, 3.8) is 0 Å². The minimum atomic E-state index is -0.103. The quantitative estimate of drug-likeness (QED) is 0.445. The molecule has 2 unspecified atom stereocenters. The third-order valence-corrected chi connectivity index (χ3v) is 3.94. The number of hydrogen-bond acceptors (Lipinski definition) is 2. The van der Waals surface area contributed by atoms with Crippen molar-refractivity contribution < 1.29 is 10.2 Å². The highest BCUT2D eigenvalue weighted by molar-refractivity contribution is 4.58. The van der Waals surface area contributed by atoms with Gasteiger partial charge in [0.2, 0.25) is 0 Å².